The molecule has 3 aromatic carbocycles. The summed E-state index contributed by atoms with van der Waals surface area (Å²) in [6, 6.07) is 20.8. The van der Waals surface area contributed by atoms with Crippen LogP contribution >= 0.6 is 0 Å². The smallest absolute Gasteiger partial charge is 0.262 e. The number of rotatable bonds is 5. The van der Waals surface area contributed by atoms with Gasteiger partial charge in [0.25, 0.3) is 5.91 Å². The van der Waals surface area contributed by atoms with Gasteiger partial charge in [0.2, 0.25) is 0 Å². The van der Waals surface area contributed by atoms with Crippen LogP contribution < -0.4 is 10.1 Å². The molecule has 0 bridgehead atoms. The van der Waals surface area contributed by atoms with Gasteiger partial charge in [-0.2, -0.15) is 0 Å². The van der Waals surface area contributed by atoms with Crippen LogP contribution in [0.15, 0.2) is 66.7 Å². The van der Waals surface area contributed by atoms with Crippen molar-refractivity contribution in [2.75, 3.05) is 11.9 Å². The average molecular weight is 321 g/mol. The Morgan fingerprint density at radius 3 is 2.67 bits per heavy atom. The molecule has 0 radical (unpaired) electrons. The number of aliphatic hydroxyl groups is 1. The molecule has 1 amide bonds. The number of amides is 1. The molecular weight excluding hydrogens is 302 g/mol. The summed E-state index contributed by atoms with van der Waals surface area (Å²) < 4.78 is 5.67. The van der Waals surface area contributed by atoms with Crippen molar-refractivity contribution >= 4 is 22.4 Å². The fourth-order valence-corrected chi connectivity index (χ4v) is 2.54. The molecule has 122 valence electrons. The molecule has 24 heavy (non-hydrogen) atoms. The number of carbonyl (C=O) groups is 1. The van der Waals surface area contributed by atoms with Crippen LogP contribution in [0, 0.1) is 0 Å². The molecule has 0 heterocycles. The second kappa shape index (κ2) is 7.15. The minimum absolute atomic E-state index is 0.0765. The Morgan fingerprint density at radius 2 is 1.83 bits per heavy atom. The lowest BCUT2D eigenvalue weighted by Gasteiger charge is -2.11. The Kier molecular flexibility index (Phi) is 4.77. The van der Waals surface area contributed by atoms with E-state index in [-0.39, 0.29) is 12.5 Å². The third-order valence-electron chi connectivity index (χ3n) is 3.76. The zero-order valence-corrected chi connectivity index (χ0v) is 13.4. The van der Waals surface area contributed by atoms with E-state index < -0.39 is 6.10 Å². The molecule has 2 N–H and O–H groups in total. The van der Waals surface area contributed by atoms with Crippen LogP contribution in [0.5, 0.6) is 5.75 Å². The summed E-state index contributed by atoms with van der Waals surface area (Å²) in [6.07, 6.45) is -0.575. The zero-order valence-electron chi connectivity index (χ0n) is 13.4. The quantitative estimate of drug-likeness (QED) is 0.749. The van der Waals surface area contributed by atoms with E-state index in [1.807, 2.05) is 48.5 Å². The lowest BCUT2D eigenvalue weighted by Crippen LogP contribution is -2.20. The number of hydrogen-bond acceptors (Lipinski definition) is 3. The van der Waals surface area contributed by atoms with Crippen LogP contribution in [0.4, 0.5) is 5.69 Å². The van der Waals surface area contributed by atoms with Crippen molar-refractivity contribution in [3.05, 3.63) is 72.3 Å². The molecule has 0 aliphatic heterocycles. The highest BCUT2D eigenvalue weighted by Crippen LogP contribution is 2.25. The van der Waals surface area contributed by atoms with E-state index in [2.05, 4.69) is 5.32 Å². The van der Waals surface area contributed by atoms with Crippen LogP contribution in [0.3, 0.4) is 0 Å². The SMILES string of the molecule is C[C@H](O)c1cccc(NC(=O)COc2cccc3ccccc23)c1. The fraction of sp³-hybridized carbons (Fsp3) is 0.150. The van der Waals surface area contributed by atoms with Crippen molar-refractivity contribution in [2.24, 2.45) is 0 Å². The molecule has 0 fully saturated rings. The fourth-order valence-electron chi connectivity index (χ4n) is 2.54. The van der Waals surface area contributed by atoms with Gasteiger partial charge in [0.1, 0.15) is 5.75 Å². The predicted molar refractivity (Wildman–Crippen MR) is 95.1 cm³/mol. The summed E-state index contributed by atoms with van der Waals surface area (Å²) in [6.45, 7) is 1.61. The molecule has 0 aliphatic rings. The molecule has 3 rings (SSSR count). The number of fused-ring (bicyclic) bond motifs is 1. The standard InChI is InChI=1S/C20H19NO3/c1-14(22)16-8-4-9-17(12-16)21-20(23)13-24-19-11-5-7-15-6-2-3-10-18(15)19/h2-12,14,22H,13H2,1H3,(H,21,23)/t14-/m0/s1. The van der Waals surface area contributed by atoms with Crippen LogP contribution in [-0.4, -0.2) is 17.6 Å². The predicted octanol–water partition coefficient (Wildman–Crippen LogP) is 3.91. The number of anilines is 1. The van der Waals surface area contributed by atoms with Crippen molar-refractivity contribution in [3.8, 4) is 5.75 Å². The van der Waals surface area contributed by atoms with E-state index in [0.29, 0.717) is 11.4 Å². The van der Waals surface area contributed by atoms with E-state index in [0.717, 1.165) is 16.3 Å². The highest BCUT2D eigenvalue weighted by atomic mass is 16.5. The molecule has 0 unspecified atom stereocenters. The Bertz CT molecular complexity index is 853. The molecule has 3 aromatic rings. The summed E-state index contributed by atoms with van der Waals surface area (Å²) in [5.41, 5.74) is 1.39. The van der Waals surface area contributed by atoms with E-state index >= 15 is 0 Å². The van der Waals surface area contributed by atoms with Crippen LogP contribution in [0.25, 0.3) is 10.8 Å². The lowest BCUT2D eigenvalue weighted by molar-refractivity contribution is -0.118. The molecule has 0 spiro atoms. The van der Waals surface area contributed by atoms with E-state index in [1.54, 1.807) is 25.1 Å². The maximum atomic E-state index is 12.1. The monoisotopic (exact) mass is 321 g/mol. The summed E-state index contributed by atoms with van der Waals surface area (Å²) in [7, 11) is 0. The molecule has 4 nitrogen and oxygen atoms in total. The second-order valence-corrected chi connectivity index (χ2v) is 5.62. The van der Waals surface area contributed by atoms with Crippen molar-refractivity contribution in [1.82, 2.24) is 0 Å². The minimum atomic E-state index is -0.575. The number of ether oxygens (including phenoxy) is 1. The van der Waals surface area contributed by atoms with Crippen molar-refractivity contribution in [1.29, 1.82) is 0 Å². The number of aliphatic hydroxyl groups excluding tert-OH is 1. The first-order valence-corrected chi connectivity index (χ1v) is 7.82. The molecular formula is C20H19NO3. The number of benzene rings is 3. The van der Waals surface area contributed by atoms with Crippen molar-refractivity contribution in [3.63, 3.8) is 0 Å². The van der Waals surface area contributed by atoms with Gasteiger partial charge in [0.05, 0.1) is 6.10 Å². The Hall–Kier alpha value is -2.85. The van der Waals surface area contributed by atoms with Gasteiger partial charge in [-0.3, -0.25) is 4.79 Å². The van der Waals surface area contributed by atoms with Gasteiger partial charge in [-0.15, -0.1) is 0 Å². The van der Waals surface area contributed by atoms with Gasteiger partial charge in [-0.05, 0) is 36.1 Å². The molecule has 1 atom stereocenters. The molecule has 0 saturated carbocycles. The summed E-state index contributed by atoms with van der Waals surface area (Å²) in [5.74, 6) is 0.437. The van der Waals surface area contributed by atoms with Gasteiger partial charge in [0.15, 0.2) is 6.61 Å². The molecule has 0 saturated heterocycles. The first-order chi connectivity index (χ1) is 11.6. The molecule has 0 aliphatic carbocycles. The summed E-state index contributed by atoms with van der Waals surface area (Å²) >= 11 is 0. The lowest BCUT2D eigenvalue weighted by atomic mass is 10.1. The summed E-state index contributed by atoms with van der Waals surface area (Å²) in [5, 5.41) is 14.4. The van der Waals surface area contributed by atoms with Crippen molar-refractivity contribution < 1.29 is 14.6 Å². The topological polar surface area (TPSA) is 58.6 Å². The molecule has 4 heteroatoms. The summed E-state index contributed by atoms with van der Waals surface area (Å²) in [4.78, 5) is 12.1. The first-order valence-electron chi connectivity index (χ1n) is 7.82. The highest BCUT2D eigenvalue weighted by molar-refractivity contribution is 5.93. The average Bonchev–Trinajstić information content (AvgIpc) is 2.60. The van der Waals surface area contributed by atoms with Gasteiger partial charge < -0.3 is 15.2 Å². The third-order valence-corrected chi connectivity index (χ3v) is 3.76. The van der Waals surface area contributed by atoms with Gasteiger partial charge in [-0.25, -0.2) is 0 Å². The van der Waals surface area contributed by atoms with Crippen LogP contribution in [0.2, 0.25) is 0 Å². The third kappa shape index (κ3) is 3.73. The van der Waals surface area contributed by atoms with Crippen LogP contribution in [0.1, 0.15) is 18.6 Å². The largest absolute Gasteiger partial charge is 0.483 e. The molecule has 0 aromatic heterocycles. The maximum Gasteiger partial charge on any atom is 0.262 e. The number of nitrogens with one attached hydrogen (secondary N) is 1. The Labute approximate surface area is 140 Å². The van der Waals surface area contributed by atoms with Crippen molar-refractivity contribution in [2.45, 2.75) is 13.0 Å². The van der Waals surface area contributed by atoms with Gasteiger partial charge >= 0.3 is 0 Å². The highest BCUT2D eigenvalue weighted by Gasteiger charge is 2.07. The number of carbonyl (C=O) groups excluding carboxylic acids is 1. The van der Waals surface area contributed by atoms with E-state index in [9.17, 15) is 9.90 Å². The second-order valence-electron chi connectivity index (χ2n) is 5.62. The van der Waals surface area contributed by atoms with E-state index in [4.69, 9.17) is 4.74 Å². The minimum Gasteiger partial charge on any atom is -0.483 e. The Morgan fingerprint density at radius 1 is 1.08 bits per heavy atom. The maximum absolute atomic E-state index is 12.1. The van der Waals surface area contributed by atoms with E-state index in [1.165, 1.54) is 0 Å². The zero-order chi connectivity index (χ0) is 16.9. The Balaban J connectivity index is 1.66. The number of hydrogen-bond donors (Lipinski definition) is 2. The van der Waals surface area contributed by atoms with Gasteiger partial charge in [0, 0.05) is 11.1 Å². The first kappa shape index (κ1) is 16.0. The normalized spacial score (nSPS) is 11.9. The van der Waals surface area contributed by atoms with Gasteiger partial charge in [-0.1, -0.05) is 48.5 Å². The van der Waals surface area contributed by atoms with Crippen LogP contribution in [-0.2, 0) is 4.79 Å².